The fraction of sp³-hybridized carbons (Fsp3) is 0.520. The summed E-state index contributed by atoms with van der Waals surface area (Å²) in [5.41, 5.74) is 1.03. The van der Waals surface area contributed by atoms with Gasteiger partial charge in [0.05, 0.1) is 38.0 Å². The summed E-state index contributed by atoms with van der Waals surface area (Å²) in [6.45, 7) is 10.3. The van der Waals surface area contributed by atoms with Crippen LogP contribution in [0.15, 0.2) is 41.4 Å². The first-order valence-electron chi connectivity index (χ1n) is 12.2. The Bertz CT molecular complexity index is 1070. The monoisotopic (exact) mass is 464 g/mol. The lowest BCUT2D eigenvalue weighted by Gasteiger charge is -2.37. The van der Waals surface area contributed by atoms with Crippen molar-refractivity contribution in [3.63, 3.8) is 0 Å². The molecule has 4 heterocycles. The van der Waals surface area contributed by atoms with Crippen LogP contribution in [0, 0.1) is 5.92 Å². The summed E-state index contributed by atoms with van der Waals surface area (Å²) in [5.74, 6) is 1.41. The number of fused-ring (bicyclic) bond motifs is 1. The number of dihydropyridines is 1. The molecule has 0 saturated carbocycles. The molecule has 1 aromatic carbocycles. The highest BCUT2D eigenvalue weighted by atomic mass is 16.5. The van der Waals surface area contributed by atoms with Gasteiger partial charge in [0.25, 0.3) is 0 Å². The lowest BCUT2D eigenvalue weighted by atomic mass is 10.1. The number of aromatic nitrogens is 2. The van der Waals surface area contributed by atoms with E-state index in [2.05, 4.69) is 54.2 Å². The van der Waals surface area contributed by atoms with Crippen LogP contribution in [-0.2, 0) is 20.8 Å². The van der Waals surface area contributed by atoms with Crippen LogP contribution in [0.4, 0.5) is 5.82 Å². The highest BCUT2D eigenvalue weighted by Gasteiger charge is 2.25. The molecule has 0 N–H and O–H groups in total. The van der Waals surface area contributed by atoms with Crippen molar-refractivity contribution < 1.29 is 14.3 Å². The van der Waals surface area contributed by atoms with E-state index in [1.165, 1.54) is 5.39 Å². The fourth-order valence-electron chi connectivity index (χ4n) is 4.73. The van der Waals surface area contributed by atoms with Crippen LogP contribution in [0.5, 0.6) is 0 Å². The number of hydrogen-bond donors (Lipinski definition) is 0. The Morgan fingerprint density at radius 1 is 1.03 bits per heavy atom. The number of piperazine rings is 1. The molecule has 0 amide bonds. The van der Waals surface area contributed by atoms with Crippen LogP contribution in [0.2, 0.25) is 0 Å². The molecule has 3 aliphatic heterocycles. The molecular weight excluding hydrogens is 432 g/mol. The third-order valence-electron chi connectivity index (χ3n) is 6.64. The van der Waals surface area contributed by atoms with Crippen LogP contribution >= 0.6 is 0 Å². The molecule has 0 bridgehead atoms. The number of aliphatic imine (C=N–C) groups is 1. The van der Waals surface area contributed by atoms with E-state index in [4.69, 9.17) is 9.47 Å². The van der Waals surface area contributed by atoms with Gasteiger partial charge in [-0.15, -0.1) is 5.10 Å². The van der Waals surface area contributed by atoms with Crippen LogP contribution in [0.3, 0.4) is 0 Å². The van der Waals surface area contributed by atoms with Gasteiger partial charge in [-0.3, -0.25) is 14.7 Å². The van der Waals surface area contributed by atoms with Gasteiger partial charge in [0, 0.05) is 56.6 Å². The van der Waals surface area contributed by atoms with Crippen molar-refractivity contribution in [1.82, 2.24) is 20.0 Å². The average molecular weight is 465 g/mol. The second kappa shape index (κ2) is 10.5. The van der Waals surface area contributed by atoms with Gasteiger partial charge in [0.1, 0.15) is 5.84 Å². The maximum atomic E-state index is 11.9. The van der Waals surface area contributed by atoms with Crippen molar-refractivity contribution >= 4 is 28.4 Å². The van der Waals surface area contributed by atoms with Gasteiger partial charge in [-0.1, -0.05) is 30.3 Å². The minimum Gasteiger partial charge on any atom is -0.465 e. The molecule has 0 spiro atoms. The Balaban J connectivity index is 1.25. The molecule has 5 rings (SSSR count). The Labute approximate surface area is 200 Å². The number of ether oxygens (including phenoxy) is 2. The van der Waals surface area contributed by atoms with Gasteiger partial charge in [-0.25, -0.2) is 0 Å². The number of nitrogens with zero attached hydrogens (tertiary/aromatic N) is 6. The fourth-order valence-corrected chi connectivity index (χ4v) is 4.73. The number of carbonyl (C=O) groups excluding carboxylic acids is 1. The maximum absolute atomic E-state index is 11.9. The zero-order valence-electron chi connectivity index (χ0n) is 19.7. The molecule has 0 radical (unpaired) electrons. The van der Waals surface area contributed by atoms with Gasteiger partial charge in [0.2, 0.25) is 0 Å². The Hall–Kier alpha value is -3.04. The molecule has 1 aromatic heterocycles. The minimum absolute atomic E-state index is 0.200. The largest absolute Gasteiger partial charge is 0.465 e. The number of benzene rings is 1. The summed E-state index contributed by atoms with van der Waals surface area (Å²) in [6.07, 6.45) is 3.87. The number of carbonyl (C=O) groups is 1. The summed E-state index contributed by atoms with van der Waals surface area (Å²) in [7, 11) is 0. The van der Waals surface area contributed by atoms with Gasteiger partial charge < -0.3 is 19.3 Å². The highest BCUT2D eigenvalue weighted by Crippen LogP contribution is 2.27. The summed E-state index contributed by atoms with van der Waals surface area (Å²) >= 11 is 0. The van der Waals surface area contributed by atoms with E-state index in [1.807, 2.05) is 19.1 Å². The van der Waals surface area contributed by atoms with E-state index < -0.39 is 0 Å². The van der Waals surface area contributed by atoms with Gasteiger partial charge in [0.15, 0.2) is 5.82 Å². The quantitative estimate of drug-likeness (QED) is 0.619. The predicted molar refractivity (Wildman–Crippen MR) is 131 cm³/mol. The number of morpholine rings is 1. The van der Waals surface area contributed by atoms with Crippen molar-refractivity contribution in [2.75, 3.05) is 70.5 Å². The molecular formula is C25H32N6O3. The topological polar surface area (TPSA) is 83.4 Å². The Morgan fingerprint density at radius 2 is 1.76 bits per heavy atom. The lowest BCUT2D eigenvalue weighted by Crippen LogP contribution is -2.49. The first-order valence-corrected chi connectivity index (χ1v) is 12.2. The number of anilines is 1. The van der Waals surface area contributed by atoms with Crippen LogP contribution in [-0.4, -0.2) is 97.4 Å². The normalized spacial score (nSPS) is 21.6. The van der Waals surface area contributed by atoms with Crippen LogP contribution in [0.25, 0.3) is 10.8 Å². The van der Waals surface area contributed by atoms with Crippen molar-refractivity contribution in [1.29, 1.82) is 0 Å². The molecule has 1 atom stereocenters. The van der Waals surface area contributed by atoms with E-state index >= 15 is 0 Å². The third kappa shape index (κ3) is 4.90. The summed E-state index contributed by atoms with van der Waals surface area (Å²) < 4.78 is 10.6. The van der Waals surface area contributed by atoms with Crippen LogP contribution < -0.4 is 4.90 Å². The van der Waals surface area contributed by atoms with Gasteiger partial charge in [-0.2, -0.15) is 5.10 Å². The molecule has 9 nitrogen and oxygen atoms in total. The molecule has 2 fully saturated rings. The molecule has 1 unspecified atom stereocenters. The zero-order chi connectivity index (χ0) is 23.3. The minimum atomic E-state index is -0.275. The molecule has 9 heteroatoms. The standard InChI is InChI=1S/C25H32N6O3/c1-2-34-25(32)19-7-8-23(26-17-19)30-9-11-31(12-10-30)24-21-6-4-3-5-20(21)22(27-28-24)18-29-13-15-33-16-14-29/h3-8,19H,2,9-18H2,1H3. The van der Waals surface area contributed by atoms with Crippen molar-refractivity contribution in [3.05, 3.63) is 42.1 Å². The smallest absolute Gasteiger partial charge is 0.314 e. The van der Waals surface area contributed by atoms with E-state index in [-0.39, 0.29) is 11.9 Å². The molecule has 0 aliphatic carbocycles. The first-order chi connectivity index (χ1) is 16.7. The first kappa shape index (κ1) is 22.7. The lowest BCUT2D eigenvalue weighted by molar-refractivity contribution is -0.145. The van der Waals surface area contributed by atoms with Crippen molar-refractivity contribution in [2.45, 2.75) is 13.5 Å². The van der Waals surface area contributed by atoms with E-state index in [0.29, 0.717) is 13.2 Å². The second-order valence-corrected chi connectivity index (χ2v) is 8.80. The Morgan fingerprint density at radius 3 is 2.47 bits per heavy atom. The summed E-state index contributed by atoms with van der Waals surface area (Å²) in [6, 6.07) is 8.45. The second-order valence-electron chi connectivity index (χ2n) is 8.80. The predicted octanol–water partition coefficient (Wildman–Crippen LogP) is 1.73. The molecule has 3 aliphatic rings. The third-order valence-corrected chi connectivity index (χ3v) is 6.64. The Kier molecular flexibility index (Phi) is 7.01. The number of esters is 1. The highest BCUT2D eigenvalue weighted by molar-refractivity contribution is 5.96. The van der Waals surface area contributed by atoms with Gasteiger partial charge in [-0.05, 0) is 13.0 Å². The van der Waals surface area contributed by atoms with Gasteiger partial charge >= 0.3 is 5.97 Å². The number of hydrogen-bond acceptors (Lipinski definition) is 9. The SMILES string of the molecule is CCOC(=O)C1C=CC(N2CCN(c3nnc(CN4CCOCC4)c4ccccc34)CC2)=NC1. The summed E-state index contributed by atoms with van der Waals surface area (Å²) in [5, 5.41) is 11.7. The maximum Gasteiger partial charge on any atom is 0.314 e. The zero-order valence-corrected chi connectivity index (χ0v) is 19.7. The summed E-state index contributed by atoms with van der Waals surface area (Å²) in [4.78, 5) is 23.6. The number of rotatable bonds is 5. The van der Waals surface area contributed by atoms with Crippen molar-refractivity contribution in [3.8, 4) is 0 Å². The van der Waals surface area contributed by atoms with E-state index in [0.717, 1.165) is 81.8 Å². The number of amidine groups is 1. The average Bonchev–Trinajstić information content (AvgIpc) is 2.90. The van der Waals surface area contributed by atoms with E-state index in [9.17, 15) is 4.79 Å². The molecule has 34 heavy (non-hydrogen) atoms. The van der Waals surface area contributed by atoms with Crippen molar-refractivity contribution in [2.24, 2.45) is 10.9 Å². The molecule has 2 aromatic rings. The molecule has 180 valence electrons. The van der Waals surface area contributed by atoms with E-state index in [1.54, 1.807) is 0 Å². The van der Waals surface area contributed by atoms with Crippen LogP contribution in [0.1, 0.15) is 12.6 Å². The molecule has 2 saturated heterocycles.